The fourth-order valence-electron chi connectivity index (χ4n) is 1.66. The van der Waals surface area contributed by atoms with E-state index in [1.165, 1.54) is 24.3 Å². The van der Waals surface area contributed by atoms with Gasteiger partial charge in [0.1, 0.15) is 0 Å². The largest absolute Gasteiger partial charge is 0.549 e. The van der Waals surface area contributed by atoms with E-state index in [2.05, 4.69) is 0 Å². The third-order valence-electron chi connectivity index (χ3n) is 2.64. The van der Waals surface area contributed by atoms with Crippen molar-refractivity contribution < 1.29 is 14.8 Å². The number of hydrogen-bond acceptors (Lipinski definition) is 4. The van der Waals surface area contributed by atoms with Gasteiger partial charge in [0.15, 0.2) is 0 Å². The molecule has 0 amide bonds. The number of unbranched alkanes of at least 4 members (excludes halogenated alkanes) is 1. The molecule has 0 radical (unpaired) electrons. The van der Waals surface area contributed by atoms with Gasteiger partial charge in [0.2, 0.25) is 0 Å². The third-order valence-corrected chi connectivity index (χ3v) is 2.64. The summed E-state index contributed by atoms with van der Waals surface area (Å²) in [5, 5.41) is 21.4. The molecule has 0 heterocycles. The second-order valence-corrected chi connectivity index (χ2v) is 3.86. The van der Waals surface area contributed by atoms with Gasteiger partial charge in [-0.05, 0) is 12.0 Å². The van der Waals surface area contributed by atoms with Crippen LogP contribution in [0.3, 0.4) is 0 Å². The first kappa shape index (κ1) is 13.2. The van der Waals surface area contributed by atoms with Crippen molar-refractivity contribution >= 4 is 11.7 Å². The van der Waals surface area contributed by atoms with Gasteiger partial charge < -0.3 is 9.90 Å². The van der Waals surface area contributed by atoms with Crippen LogP contribution in [-0.2, 0) is 4.79 Å². The smallest absolute Gasteiger partial charge is 0.269 e. The summed E-state index contributed by atoms with van der Waals surface area (Å²) >= 11 is 0. The topological polar surface area (TPSA) is 83.3 Å². The molecular formula is C12H14NO4-. The summed E-state index contributed by atoms with van der Waals surface area (Å²) in [6.45, 7) is 1.97. The van der Waals surface area contributed by atoms with Crippen LogP contribution >= 0.6 is 0 Å². The van der Waals surface area contributed by atoms with Crippen LogP contribution in [-0.4, -0.2) is 10.9 Å². The van der Waals surface area contributed by atoms with Crippen LogP contribution in [0.2, 0.25) is 0 Å². The summed E-state index contributed by atoms with van der Waals surface area (Å²) in [5.74, 6) is -1.82. The minimum atomic E-state index is -1.13. The molecule has 17 heavy (non-hydrogen) atoms. The van der Waals surface area contributed by atoms with Crippen molar-refractivity contribution in [2.24, 2.45) is 0 Å². The van der Waals surface area contributed by atoms with E-state index in [9.17, 15) is 20.0 Å². The van der Waals surface area contributed by atoms with Crippen molar-refractivity contribution in [3.63, 3.8) is 0 Å². The Labute approximate surface area is 99.2 Å². The molecule has 0 aromatic heterocycles. The van der Waals surface area contributed by atoms with Crippen molar-refractivity contribution in [1.82, 2.24) is 0 Å². The molecule has 5 heteroatoms. The Kier molecular flexibility index (Phi) is 4.63. The SMILES string of the molecule is CCCCC(C(=O)[O-])c1ccc([N+](=O)[O-])cc1. The lowest BCUT2D eigenvalue weighted by atomic mass is 9.93. The van der Waals surface area contributed by atoms with Gasteiger partial charge >= 0.3 is 0 Å². The van der Waals surface area contributed by atoms with Crippen LogP contribution in [0.25, 0.3) is 0 Å². The molecule has 0 spiro atoms. The van der Waals surface area contributed by atoms with Crippen molar-refractivity contribution in [1.29, 1.82) is 0 Å². The van der Waals surface area contributed by atoms with E-state index in [1.807, 2.05) is 6.92 Å². The average molecular weight is 236 g/mol. The zero-order valence-corrected chi connectivity index (χ0v) is 9.59. The fraction of sp³-hybridized carbons (Fsp3) is 0.417. The van der Waals surface area contributed by atoms with E-state index in [0.29, 0.717) is 12.0 Å². The number of benzene rings is 1. The first-order valence-electron chi connectivity index (χ1n) is 5.51. The molecule has 0 bridgehead atoms. The summed E-state index contributed by atoms with van der Waals surface area (Å²) in [5.41, 5.74) is 0.519. The molecule has 92 valence electrons. The molecule has 1 aromatic carbocycles. The summed E-state index contributed by atoms with van der Waals surface area (Å²) in [4.78, 5) is 20.9. The van der Waals surface area contributed by atoms with Crippen LogP contribution in [0, 0.1) is 10.1 Å². The maximum atomic E-state index is 11.0. The summed E-state index contributed by atoms with van der Waals surface area (Å²) in [7, 11) is 0. The van der Waals surface area contributed by atoms with Gasteiger partial charge in [0, 0.05) is 24.0 Å². The molecule has 0 saturated heterocycles. The normalized spacial score (nSPS) is 12.1. The third kappa shape index (κ3) is 3.55. The number of hydrogen-bond donors (Lipinski definition) is 0. The number of carboxylic acid groups (broad SMARTS) is 1. The summed E-state index contributed by atoms with van der Waals surface area (Å²) in [6, 6.07) is 5.59. The van der Waals surface area contributed by atoms with Crippen LogP contribution in [0.1, 0.15) is 37.7 Å². The van der Waals surface area contributed by atoms with Crippen molar-refractivity contribution in [2.45, 2.75) is 32.1 Å². The standard InChI is InChI=1S/C12H15NO4/c1-2-3-4-11(12(14)15)9-5-7-10(8-6-9)13(16)17/h5-8,11H,2-4H2,1H3,(H,14,15)/p-1. The predicted molar refractivity (Wildman–Crippen MR) is 60.4 cm³/mol. The van der Waals surface area contributed by atoms with Gasteiger partial charge in [0.05, 0.1) is 4.92 Å². The predicted octanol–water partition coefficient (Wildman–Crippen LogP) is 1.62. The Balaban J connectivity index is 2.87. The van der Waals surface area contributed by atoms with Crippen LogP contribution < -0.4 is 5.11 Å². The lowest BCUT2D eigenvalue weighted by molar-refractivity contribution is -0.384. The molecular weight excluding hydrogens is 222 g/mol. The van der Waals surface area contributed by atoms with Gasteiger partial charge in [-0.3, -0.25) is 10.1 Å². The van der Waals surface area contributed by atoms with Gasteiger partial charge in [-0.25, -0.2) is 0 Å². The van der Waals surface area contributed by atoms with Gasteiger partial charge in [0.25, 0.3) is 5.69 Å². The van der Waals surface area contributed by atoms with Crippen LogP contribution in [0.5, 0.6) is 0 Å². The highest BCUT2D eigenvalue weighted by Crippen LogP contribution is 2.23. The molecule has 0 N–H and O–H groups in total. The monoisotopic (exact) mass is 236 g/mol. The first-order valence-corrected chi connectivity index (χ1v) is 5.51. The number of nitrogens with zero attached hydrogens (tertiary/aromatic N) is 1. The zero-order chi connectivity index (χ0) is 12.8. The van der Waals surface area contributed by atoms with Crippen molar-refractivity contribution in [3.8, 4) is 0 Å². The van der Waals surface area contributed by atoms with Gasteiger partial charge in [-0.2, -0.15) is 0 Å². The molecule has 1 atom stereocenters. The lowest BCUT2D eigenvalue weighted by Crippen LogP contribution is -2.29. The minimum Gasteiger partial charge on any atom is -0.549 e. The molecule has 1 aromatic rings. The van der Waals surface area contributed by atoms with E-state index < -0.39 is 16.8 Å². The number of aliphatic carboxylic acids is 1. The maximum absolute atomic E-state index is 11.0. The molecule has 0 aliphatic rings. The van der Waals surface area contributed by atoms with E-state index in [4.69, 9.17) is 0 Å². The number of nitro benzene ring substituents is 1. The molecule has 0 saturated carbocycles. The van der Waals surface area contributed by atoms with Crippen LogP contribution in [0.4, 0.5) is 5.69 Å². The number of carbonyl (C=O) groups is 1. The second-order valence-electron chi connectivity index (χ2n) is 3.86. The van der Waals surface area contributed by atoms with E-state index in [0.717, 1.165) is 12.8 Å². The van der Waals surface area contributed by atoms with Crippen LogP contribution in [0.15, 0.2) is 24.3 Å². The Morgan fingerprint density at radius 3 is 2.35 bits per heavy atom. The number of carboxylic acids is 1. The molecule has 0 aliphatic heterocycles. The van der Waals surface area contributed by atoms with Gasteiger partial charge in [-0.15, -0.1) is 0 Å². The zero-order valence-electron chi connectivity index (χ0n) is 9.59. The molecule has 0 fully saturated rings. The Bertz CT molecular complexity index is 399. The van der Waals surface area contributed by atoms with E-state index in [1.54, 1.807) is 0 Å². The highest BCUT2D eigenvalue weighted by Gasteiger charge is 2.13. The van der Waals surface area contributed by atoms with Crippen molar-refractivity contribution in [2.75, 3.05) is 0 Å². The molecule has 1 rings (SSSR count). The quantitative estimate of drug-likeness (QED) is 0.555. The lowest BCUT2D eigenvalue weighted by Gasteiger charge is -2.17. The Hall–Kier alpha value is -1.91. The second kappa shape index (κ2) is 5.98. The fourth-order valence-corrected chi connectivity index (χ4v) is 1.66. The Morgan fingerprint density at radius 1 is 1.35 bits per heavy atom. The summed E-state index contributed by atoms with van der Waals surface area (Å²) < 4.78 is 0. The molecule has 1 unspecified atom stereocenters. The summed E-state index contributed by atoms with van der Waals surface area (Å²) in [6.07, 6.45) is 2.18. The number of carbonyl (C=O) groups excluding carboxylic acids is 1. The highest BCUT2D eigenvalue weighted by molar-refractivity contribution is 5.74. The average Bonchev–Trinajstić information content (AvgIpc) is 2.29. The number of rotatable bonds is 6. The first-order chi connectivity index (χ1) is 8.06. The maximum Gasteiger partial charge on any atom is 0.269 e. The molecule has 5 nitrogen and oxygen atoms in total. The van der Waals surface area contributed by atoms with E-state index >= 15 is 0 Å². The number of non-ortho nitro benzene ring substituents is 1. The number of nitro groups is 1. The minimum absolute atomic E-state index is 0.0404. The highest BCUT2D eigenvalue weighted by atomic mass is 16.6. The molecule has 0 aliphatic carbocycles. The van der Waals surface area contributed by atoms with E-state index in [-0.39, 0.29) is 5.69 Å². The Morgan fingerprint density at radius 2 is 1.94 bits per heavy atom. The van der Waals surface area contributed by atoms with Crippen molar-refractivity contribution in [3.05, 3.63) is 39.9 Å². The van der Waals surface area contributed by atoms with Gasteiger partial charge in [-0.1, -0.05) is 31.9 Å².